The van der Waals surface area contributed by atoms with Crippen LogP contribution in [0.25, 0.3) is 0 Å². The third-order valence-corrected chi connectivity index (χ3v) is 5.64. The summed E-state index contributed by atoms with van der Waals surface area (Å²) in [5.74, 6) is 1.11. The van der Waals surface area contributed by atoms with E-state index in [4.69, 9.17) is 14.9 Å². The number of allylic oxidation sites excluding steroid dienone is 3. The number of methoxy groups -OCH3 is 2. The molecule has 2 heterocycles. The zero-order valence-electron chi connectivity index (χ0n) is 23.1. The molecule has 1 N–H and O–H groups in total. The first-order valence-electron chi connectivity index (χ1n) is 12.1. The van der Waals surface area contributed by atoms with Gasteiger partial charge in [-0.05, 0) is 17.8 Å². The smallest absolute Gasteiger partial charge is 0.503 e. The summed E-state index contributed by atoms with van der Waals surface area (Å²) in [5, 5.41) is 7.79. The number of rotatable bonds is 9. The summed E-state index contributed by atoms with van der Waals surface area (Å²) in [7, 11) is 5.06. The van der Waals surface area contributed by atoms with Gasteiger partial charge in [-0.15, -0.1) is 42.9 Å². The maximum Gasteiger partial charge on any atom is 1.00 e. The number of aryl methyl sites for hydroxylation is 1. The zero-order chi connectivity index (χ0) is 27.2. The van der Waals surface area contributed by atoms with Crippen molar-refractivity contribution in [3.63, 3.8) is 0 Å². The Labute approximate surface area is 248 Å². The van der Waals surface area contributed by atoms with E-state index in [1.165, 1.54) is 6.08 Å². The molecular formula is C29H36N4NaO4-. The molecule has 1 aromatic heterocycles. The molecular weight excluding hydrogens is 491 g/mol. The fourth-order valence-corrected chi connectivity index (χ4v) is 3.59. The van der Waals surface area contributed by atoms with Crippen LogP contribution in [0, 0.1) is 17.6 Å². The molecule has 1 saturated heterocycles. The van der Waals surface area contributed by atoms with Crippen LogP contribution >= 0.6 is 0 Å². The minimum Gasteiger partial charge on any atom is -0.503 e. The van der Waals surface area contributed by atoms with Crippen LogP contribution in [0.3, 0.4) is 0 Å². The third kappa shape index (κ3) is 9.67. The first-order valence-corrected chi connectivity index (χ1v) is 12.1. The molecule has 1 aliphatic rings. The Kier molecular flexibility index (Phi) is 15.1. The number of carbonyl (C=O) groups excluding carboxylic acids is 2. The fourth-order valence-electron chi connectivity index (χ4n) is 3.59. The van der Waals surface area contributed by atoms with Crippen molar-refractivity contribution in [3.8, 4) is 11.5 Å². The second kappa shape index (κ2) is 17.4. The molecule has 1 fully saturated rings. The van der Waals surface area contributed by atoms with Gasteiger partial charge in [0.25, 0.3) is 5.91 Å². The Bertz CT molecular complexity index is 1130. The number of piperazine rings is 1. The van der Waals surface area contributed by atoms with Crippen molar-refractivity contribution in [2.24, 2.45) is 7.05 Å². The van der Waals surface area contributed by atoms with Gasteiger partial charge in [-0.3, -0.25) is 15.7 Å². The number of nitrogens with zero attached hydrogens (tertiary/aromatic N) is 3. The largest absolute Gasteiger partial charge is 1.00 e. The number of benzene rings is 1. The van der Waals surface area contributed by atoms with Gasteiger partial charge < -0.3 is 29.2 Å². The Morgan fingerprint density at radius 2 is 1.74 bits per heavy atom. The van der Waals surface area contributed by atoms with Gasteiger partial charge in [0.05, 0.1) is 14.2 Å². The Hall–Kier alpha value is -3.07. The van der Waals surface area contributed by atoms with Gasteiger partial charge in [-0.2, -0.15) is 0 Å². The third-order valence-electron chi connectivity index (χ3n) is 5.64. The topological polar surface area (TPSA) is 87.9 Å². The van der Waals surface area contributed by atoms with E-state index >= 15 is 0 Å². The molecule has 1 aromatic carbocycles. The zero-order valence-corrected chi connectivity index (χ0v) is 25.1. The second-order valence-electron chi connectivity index (χ2n) is 8.22. The fraction of sp³-hybridized carbons (Fsp3) is 0.345. The standard InChI is InChI=1S/C17H23N4O2.C12H13O2.Na/c1-3-4-5-7-14(18)16(22)20-10-12-21(13-11-20)17(23)15-8-6-9-19(15)2;1-4-5-6-10-7-8-11(13-2)12(9-10)14-3;/h6-9,18H,3-4,10-13H2,1-2H3;4-5,7-9H,1H2,2-3H3;/q2*-1;+1. The monoisotopic (exact) mass is 527 g/mol. The van der Waals surface area contributed by atoms with Crippen LogP contribution in [-0.4, -0.2) is 72.3 Å². The molecule has 8 nitrogen and oxygen atoms in total. The number of ether oxygens (including phenoxy) is 2. The first kappa shape index (κ1) is 33.0. The number of hydrogen-bond donors (Lipinski definition) is 1. The molecule has 1 aliphatic heterocycles. The molecule has 0 radical (unpaired) electrons. The van der Waals surface area contributed by atoms with E-state index in [9.17, 15) is 9.59 Å². The van der Waals surface area contributed by atoms with Crippen molar-refractivity contribution in [2.45, 2.75) is 19.8 Å². The first-order chi connectivity index (χ1) is 17.9. The van der Waals surface area contributed by atoms with Crippen LogP contribution in [0.4, 0.5) is 0 Å². The summed E-state index contributed by atoms with van der Waals surface area (Å²) in [6, 6.07) is 9.25. The van der Waals surface area contributed by atoms with Crippen molar-refractivity contribution in [1.29, 1.82) is 5.41 Å². The average molecular weight is 528 g/mol. The summed E-state index contributed by atoms with van der Waals surface area (Å²) < 4.78 is 12.1. The van der Waals surface area contributed by atoms with E-state index in [2.05, 4.69) is 18.7 Å². The number of nitrogens with one attached hydrogen (secondary N) is 1. The molecule has 0 aliphatic carbocycles. The van der Waals surface area contributed by atoms with Crippen LogP contribution in [-0.2, 0) is 11.8 Å². The maximum absolute atomic E-state index is 12.4. The number of unbranched alkanes of at least 4 members (excludes halogenated alkanes) is 1. The predicted molar refractivity (Wildman–Crippen MR) is 145 cm³/mol. The van der Waals surface area contributed by atoms with Crippen molar-refractivity contribution in [3.05, 3.63) is 84.7 Å². The second-order valence-corrected chi connectivity index (χ2v) is 8.22. The van der Waals surface area contributed by atoms with E-state index in [-0.39, 0.29) is 47.1 Å². The summed E-state index contributed by atoms with van der Waals surface area (Å²) in [6.07, 6.45) is 14.4. The molecule has 0 bridgehead atoms. The van der Waals surface area contributed by atoms with Crippen LogP contribution in [0.15, 0.2) is 61.3 Å². The molecule has 3 rings (SSSR count). The molecule has 0 saturated carbocycles. The molecule has 0 atom stereocenters. The number of aromatic nitrogens is 1. The van der Waals surface area contributed by atoms with E-state index < -0.39 is 0 Å². The molecule has 0 spiro atoms. The molecule has 38 heavy (non-hydrogen) atoms. The normalized spacial score (nSPS) is 12.9. The van der Waals surface area contributed by atoms with Gasteiger partial charge in [0.1, 0.15) is 17.2 Å². The molecule has 2 aromatic rings. The van der Waals surface area contributed by atoms with E-state index in [1.807, 2.05) is 44.4 Å². The van der Waals surface area contributed by atoms with Gasteiger partial charge in [-0.25, -0.2) is 6.08 Å². The van der Waals surface area contributed by atoms with E-state index in [0.29, 0.717) is 37.6 Å². The van der Waals surface area contributed by atoms with Crippen molar-refractivity contribution >= 4 is 17.5 Å². The van der Waals surface area contributed by atoms with Gasteiger partial charge in [0.2, 0.25) is 0 Å². The van der Waals surface area contributed by atoms with Crippen molar-refractivity contribution in [2.75, 3.05) is 40.4 Å². The van der Waals surface area contributed by atoms with Gasteiger partial charge in [-0.1, -0.05) is 25.5 Å². The van der Waals surface area contributed by atoms with Gasteiger partial charge >= 0.3 is 29.6 Å². The van der Waals surface area contributed by atoms with Gasteiger partial charge in [0.15, 0.2) is 5.91 Å². The number of carbonyl (C=O) groups is 2. The van der Waals surface area contributed by atoms with Crippen LogP contribution < -0.4 is 39.0 Å². The Morgan fingerprint density at radius 1 is 1.08 bits per heavy atom. The minimum atomic E-state index is -0.292. The minimum absolute atomic E-state index is 0. The van der Waals surface area contributed by atoms with Crippen molar-refractivity contribution < 1.29 is 48.6 Å². The molecule has 198 valence electrons. The number of hydrogen-bond acceptors (Lipinski definition) is 5. The molecule has 9 heteroatoms. The van der Waals surface area contributed by atoms with Crippen LogP contribution in [0.5, 0.6) is 11.5 Å². The molecule has 2 amide bonds. The quantitative estimate of drug-likeness (QED) is 0.229. The average Bonchev–Trinajstić information content (AvgIpc) is 3.37. The number of amides is 2. The van der Waals surface area contributed by atoms with Crippen LogP contribution in [0.2, 0.25) is 0 Å². The Balaban J connectivity index is 0.000000415. The van der Waals surface area contributed by atoms with Crippen LogP contribution in [0.1, 0.15) is 35.8 Å². The maximum atomic E-state index is 12.4. The SMILES string of the molecule is C=CC=[C-]c1ccc(OC)c(OC)c1.CCC[C-]=CC(=N)C(=O)N1CCN(C(=O)c2cccn2C)CC1.[Na+]. The van der Waals surface area contributed by atoms with E-state index in [1.54, 1.807) is 46.8 Å². The summed E-state index contributed by atoms with van der Waals surface area (Å²) in [6.45, 7) is 7.50. The molecule has 0 unspecified atom stereocenters. The van der Waals surface area contributed by atoms with Gasteiger partial charge in [0, 0.05) is 39.4 Å². The summed E-state index contributed by atoms with van der Waals surface area (Å²) in [5.41, 5.74) is 1.54. The Morgan fingerprint density at radius 3 is 2.29 bits per heavy atom. The summed E-state index contributed by atoms with van der Waals surface area (Å²) >= 11 is 0. The predicted octanol–water partition coefficient (Wildman–Crippen LogP) is 1.09. The summed E-state index contributed by atoms with van der Waals surface area (Å²) in [4.78, 5) is 28.0. The van der Waals surface area contributed by atoms with E-state index in [0.717, 1.165) is 24.2 Å². The van der Waals surface area contributed by atoms with Crippen molar-refractivity contribution in [1.82, 2.24) is 14.4 Å².